The van der Waals surface area contributed by atoms with E-state index in [1.54, 1.807) is 13.8 Å². The molecule has 2 rings (SSSR count). The number of nitrogens with zero attached hydrogens (tertiary/aromatic N) is 4. The number of rotatable bonds is 9. The van der Waals surface area contributed by atoms with Crippen LogP contribution in [0.3, 0.4) is 0 Å². The zero-order valence-corrected chi connectivity index (χ0v) is 14.3. The van der Waals surface area contributed by atoms with Crippen molar-refractivity contribution in [3.63, 3.8) is 0 Å². The lowest BCUT2D eigenvalue weighted by atomic mass is 10.4. The van der Waals surface area contributed by atoms with Crippen LogP contribution in [0.2, 0.25) is 0 Å². The van der Waals surface area contributed by atoms with Crippen molar-refractivity contribution in [1.82, 2.24) is 19.7 Å². The summed E-state index contributed by atoms with van der Waals surface area (Å²) in [7, 11) is -3.36. The molecule has 11 heteroatoms. The molecule has 0 amide bonds. The molecule has 2 aromatic heterocycles. The number of aromatic nitrogens is 4. The summed E-state index contributed by atoms with van der Waals surface area (Å²) >= 11 is 0. The predicted molar refractivity (Wildman–Crippen MR) is 87.2 cm³/mol. The minimum atomic E-state index is -3.36. The number of nitrogen functional groups attached to an aromatic ring is 1. The first-order valence-corrected chi connectivity index (χ1v) is 8.93. The predicted octanol–water partition coefficient (Wildman–Crippen LogP) is 0.978. The van der Waals surface area contributed by atoms with Gasteiger partial charge in [-0.2, -0.15) is 4.73 Å². The summed E-state index contributed by atoms with van der Waals surface area (Å²) in [6.45, 7) is 3.75. The first-order chi connectivity index (χ1) is 11.5. The van der Waals surface area contributed by atoms with Crippen LogP contribution in [0.25, 0.3) is 11.2 Å². The van der Waals surface area contributed by atoms with E-state index in [0.717, 1.165) is 0 Å². The van der Waals surface area contributed by atoms with Gasteiger partial charge in [-0.05, 0) is 19.9 Å². The van der Waals surface area contributed by atoms with Gasteiger partial charge in [0.1, 0.15) is 25.4 Å². The Hall–Kier alpha value is -2.00. The Bertz CT molecular complexity index is 739. The number of nitrogens with two attached hydrogens (primary N) is 1. The van der Waals surface area contributed by atoms with Gasteiger partial charge in [-0.25, -0.2) is 15.0 Å². The van der Waals surface area contributed by atoms with Crippen molar-refractivity contribution in [2.24, 2.45) is 0 Å². The van der Waals surface area contributed by atoms with Crippen molar-refractivity contribution in [3.8, 4) is 0 Å². The molecule has 0 fully saturated rings. The molecule has 0 aliphatic rings. The average Bonchev–Trinajstić information content (AvgIpc) is 2.96. The number of imidazole rings is 1. The van der Waals surface area contributed by atoms with Crippen LogP contribution >= 0.6 is 7.60 Å². The van der Waals surface area contributed by atoms with Gasteiger partial charge in [0.05, 0.1) is 13.2 Å². The third-order valence-electron chi connectivity index (χ3n) is 2.82. The lowest BCUT2D eigenvalue weighted by Gasteiger charge is -2.14. The van der Waals surface area contributed by atoms with E-state index in [2.05, 4.69) is 15.0 Å². The topological polar surface area (TPSA) is 135 Å². The molecule has 0 aromatic carbocycles. The molecule has 132 valence electrons. The number of fused-ring (bicyclic) bond motifs is 1. The fraction of sp³-hybridized carbons (Fsp3) is 0.462. The summed E-state index contributed by atoms with van der Waals surface area (Å²) in [5.41, 5.74) is 6.46. The molecule has 10 nitrogen and oxygen atoms in total. The molecule has 0 saturated heterocycles. The molecule has 0 bridgehead atoms. The summed E-state index contributed by atoms with van der Waals surface area (Å²) in [6, 6.07) is 0. The third-order valence-corrected chi connectivity index (χ3v) is 4.60. The van der Waals surface area contributed by atoms with E-state index in [-0.39, 0.29) is 25.6 Å². The molecule has 0 aliphatic heterocycles. The van der Waals surface area contributed by atoms with Gasteiger partial charge in [-0.15, -0.1) is 0 Å². The highest BCUT2D eigenvalue weighted by atomic mass is 31.2. The van der Waals surface area contributed by atoms with Gasteiger partial charge < -0.3 is 24.7 Å². The normalized spacial score (nSPS) is 13.6. The molecule has 24 heavy (non-hydrogen) atoms. The van der Waals surface area contributed by atoms with Gasteiger partial charge in [-0.3, -0.25) is 4.57 Å². The molecule has 0 saturated carbocycles. The van der Waals surface area contributed by atoms with Crippen LogP contribution in [0.4, 0.5) is 5.82 Å². The van der Waals surface area contributed by atoms with E-state index in [1.165, 1.54) is 29.3 Å². The molecule has 2 heterocycles. The monoisotopic (exact) mass is 357 g/mol. The summed E-state index contributed by atoms with van der Waals surface area (Å²) in [4.78, 5) is 17.3. The van der Waals surface area contributed by atoms with Crippen molar-refractivity contribution in [1.29, 1.82) is 0 Å². The van der Waals surface area contributed by atoms with Crippen molar-refractivity contribution in [2.75, 3.05) is 25.6 Å². The van der Waals surface area contributed by atoms with Crippen LogP contribution < -0.4 is 10.6 Å². The van der Waals surface area contributed by atoms with E-state index >= 15 is 0 Å². The first kappa shape index (κ1) is 18.3. The number of hydrogen-bond acceptors (Lipinski definition) is 9. The maximum Gasteiger partial charge on any atom is 0.353 e. The van der Waals surface area contributed by atoms with Crippen molar-refractivity contribution < 1.29 is 23.6 Å². The summed E-state index contributed by atoms with van der Waals surface area (Å²) in [5.74, 6) is 1.46. The van der Waals surface area contributed by atoms with Gasteiger partial charge in [0.25, 0.3) is 0 Å². The minimum Gasteiger partial charge on any atom is -0.408 e. The van der Waals surface area contributed by atoms with Crippen molar-refractivity contribution in [2.45, 2.75) is 20.0 Å². The highest BCUT2D eigenvalue weighted by molar-refractivity contribution is 7.57. The number of aliphatic hydroxyl groups excluding tert-OH is 1. The van der Waals surface area contributed by atoms with Crippen LogP contribution in [-0.4, -0.2) is 50.7 Å². The molecule has 0 radical (unpaired) electrons. The average molecular weight is 357 g/mol. The lowest BCUT2D eigenvalue weighted by Crippen LogP contribution is -2.22. The quantitative estimate of drug-likeness (QED) is 0.629. The summed E-state index contributed by atoms with van der Waals surface area (Å²) in [5, 5.41) is 9.94. The summed E-state index contributed by atoms with van der Waals surface area (Å²) in [6.07, 6.45) is 2.93. The van der Waals surface area contributed by atoms with E-state index < -0.39 is 13.7 Å². The maximum absolute atomic E-state index is 12.2. The molecule has 3 N–H and O–H groups in total. The fourth-order valence-corrected chi connectivity index (χ4v) is 3.20. The van der Waals surface area contributed by atoms with Gasteiger partial charge in [0.15, 0.2) is 11.3 Å². The van der Waals surface area contributed by atoms with E-state index in [9.17, 15) is 9.67 Å². The molecular weight excluding hydrogens is 337 g/mol. The standard InChI is InChI=1S/C13H20N5O5P/c1-3-22-24(20,23-4-2)6-5-10(19)7-21-18-9-17-11-12(14)15-8-16-13(11)18/h5-6,8-10,19H,3-4,7H2,1-2H3,(H2,14,15,16). The van der Waals surface area contributed by atoms with Gasteiger partial charge in [-0.1, -0.05) is 0 Å². The maximum atomic E-state index is 12.2. The first-order valence-electron chi connectivity index (χ1n) is 7.32. The van der Waals surface area contributed by atoms with E-state index in [4.69, 9.17) is 19.6 Å². The van der Waals surface area contributed by atoms with Crippen LogP contribution in [-0.2, 0) is 13.6 Å². The van der Waals surface area contributed by atoms with Crippen molar-refractivity contribution in [3.05, 3.63) is 24.5 Å². The smallest absolute Gasteiger partial charge is 0.353 e. The van der Waals surface area contributed by atoms with Gasteiger partial charge >= 0.3 is 7.60 Å². The van der Waals surface area contributed by atoms with Crippen LogP contribution in [0.1, 0.15) is 13.8 Å². The highest BCUT2D eigenvalue weighted by Crippen LogP contribution is 2.49. The van der Waals surface area contributed by atoms with E-state index in [1.807, 2.05) is 0 Å². The van der Waals surface area contributed by atoms with Crippen LogP contribution in [0.15, 0.2) is 24.5 Å². The zero-order chi connectivity index (χ0) is 17.6. The third kappa shape index (κ3) is 4.51. The molecular formula is C13H20N5O5P. The Labute approximate surface area is 138 Å². The Balaban J connectivity index is 1.99. The SMILES string of the molecule is CCOP(=O)(C=CC(O)COn1cnc2c(N)ncnc21)OCC. The van der Waals surface area contributed by atoms with Gasteiger partial charge in [0, 0.05) is 5.82 Å². The molecule has 2 aromatic rings. The fourth-order valence-electron chi connectivity index (χ4n) is 1.83. The Morgan fingerprint density at radius 2 is 2.04 bits per heavy atom. The zero-order valence-electron chi connectivity index (χ0n) is 13.4. The second kappa shape index (κ2) is 8.20. The Morgan fingerprint density at radius 3 is 2.71 bits per heavy atom. The number of hydrogen-bond donors (Lipinski definition) is 2. The molecule has 0 aliphatic carbocycles. The Kier molecular flexibility index (Phi) is 6.27. The van der Waals surface area contributed by atoms with E-state index in [0.29, 0.717) is 11.2 Å². The minimum absolute atomic E-state index is 0.121. The number of anilines is 1. The molecule has 0 spiro atoms. The van der Waals surface area contributed by atoms with Crippen molar-refractivity contribution >= 4 is 24.6 Å². The van der Waals surface area contributed by atoms with Crippen LogP contribution in [0.5, 0.6) is 0 Å². The largest absolute Gasteiger partial charge is 0.408 e. The Morgan fingerprint density at radius 1 is 1.33 bits per heavy atom. The highest BCUT2D eigenvalue weighted by Gasteiger charge is 2.19. The van der Waals surface area contributed by atoms with Crippen LogP contribution in [0, 0.1) is 0 Å². The second-order valence-electron chi connectivity index (χ2n) is 4.58. The molecule has 1 unspecified atom stereocenters. The lowest BCUT2D eigenvalue weighted by molar-refractivity contribution is 0.0515. The number of aliphatic hydroxyl groups is 1. The second-order valence-corrected chi connectivity index (χ2v) is 6.48. The summed E-state index contributed by atoms with van der Waals surface area (Å²) < 4.78 is 23.7. The van der Waals surface area contributed by atoms with Gasteiger partial charge in [0.2, 0.25) is 5.65 Å². The molecule has 1 atom stereocenters.